The van der Waals surface area contributed by atoms with Gasteiger partial charge in [0.05, 0.1) is 26.4 Å². The first-order valence-electron chi connectivity index (χ1n) is 15.2. The Morgan fingerprint density at radius 2 is 1.33 bits per heavy atom. The summed E-state index contributed by atoms with van der Waals surface area (Å²) in [6.45, 7) is 2.76. The first-order chi connectivity index (χ1) is 20.7. The van der Waals surface area contributed by atoms with Gasteiger partial charge in [0.15, 0.2) is 0 Å². The summed E-state index contributed by atoms with van der Waals surface area (Å²) in [5, 5.41) is 9.79. The van der Waals surface area contributed by atoms with Gasteiger partial charge >= 0.3 is 6.01 Å². The minimum Gasteiger partial charge on any atom is -0.424 e. The van der Waals surface area contributed by atoms with E-state index in [1.807, 2.05) is 48.5 Å². The maximum atomic E-state index is 12.0. The van der Waals surface area contributed by atoms with E-state index in [0.717, 1.165) is 11.8 Å². The molecule has 0 spiro atoms. The third kappa shape index (κ3) is 7.54. The number of carbonyl (C=O) groups excluding carboxylic acids is 1. The first-order valence-corrected chi connectivity index (χ1v) is 15.2. The fourth-order valence-electron chi connectivity index (χ4n) is 6.93. The molecule has 3 N–H and O–H groups in total. The van der Waals surface area contributed by atoms with E-state index in [1.165, 1.54) is 32.1 Å². The molecule has 0 aliphatic heterocycles. The molecule has 4 aliphatic carbocycles. The van der Waals surface area contributed by atoms with Crippen LogP contribution in [0.5, 0.6) is 11.8 Å². The average Bonchev–Trinajstić information content (AvgIpc) is 3.00. The number of benzene rings is 2. The SMILES string of the molecule is O=C(NCCOCCOCCNc1nc(NC2C3CC4CC(C3)CC2C4)nc(Oc2ccccc2)n1)c1ccccc1. The molecule has 0 radical (unpaired) electrons. The van der Waals surface area contributed by atoms with Gasteiger partial charge in [-0.1, -0.05) is 36.4 Å². The molecule has 4 bridgehead atoms. The number of hydrogen-bond acceptors (Lipinski definition) is 9. The van der Waals surface area contributed by atoms with E-state index in [0.29, 0.717) is 80.6 Å². The van der Waals surface area contributed by atoms with E-state index in [2.05, 4.69) is 25.9 Å². The number of anilines is 2. The molecule has 222 valence electrons. The van der Waals surface area contributed by atoms with Gasteiger partial charge in [0.1, 0.15) is 5.75 Å². The van der Waals surface area contributed by atoms with Crippen molar-refractivity contribution < 1.29 is 19.0 Å². The highest BCUT2D eigenvalue weighted by Gasteiger charge is 2.48. The molecule has 7 rings (SSSR count). The number of para-hydroxylation sites is 1. The van der Waals surface area contributed by atoms with E-state index < -0.39 is 0 Å². The summed E-state index contributed by atoms with van der Waals surface area (Å²) in [7, 11) is 0. The zero-order valence-electron chi connectivity index (χ0n) is 23.9. The zero-order valence-corrected chi connectivity index (χ0v) is 23.9. The van der Waals surface area contributed by atoms with Gasteiger partial charge in [0.25, 0.3) is 5.91 Å². The van der Waals surface area contributed by atoms with Crippen LogP contribution in [-0.2, 0) is 9.47 Å². The monoisotopic (exact) mass is 572 g/mol. The lowest BCUT2D eigenvalue weighted by Crippen LogP contribution is -2.51. The van der Waals surface area contributed by atoms with Crippen LogP contribution in [0.15, 0.2) is 60.7 Å². The molecule has 4 saturated carbocycles. The van der Waals surface area contributed by atoms with E-state index in [-0.39, 0.29) is 11.9 Å². The Bertz CT molecular complexity index is 1270. The summed E-state index contributed by atoms with van der Waals surface area (Å²) in [6.07, 6.45) is 6.69. The Morgan fingerprint density at radius 3 is 2.02 bits per heavy atom. The summed E-state index contributed by atoms with van der Waals surface area (Å²) >= 11 is 0. The highest BCUT2D eigenvalue weighted by molar-refractivity contribution is 5.94. The van der Waals surface area contributed by atoms with Crippen LogP contribution >= 0.6 is 0 Å². The Kier molecular flexibility index (Phi) is 9.41. The van der Waals surface area contributed by atoms with Crippen LogP contribution in [-0.4, -0.2) is 66.4 Å². The molecular formula is C32H40N6O4. The highest BCUT2D eigenvalue weighted by Crippen LogP contribution is 2.54. The number of carbonyl (C=O) groups is 1. The van der Waals surface area contributed by atoms with E-state index in [9.17, 15) is 4.79 Å². The standard InChI is InChI=1S/C32H40N6O4/c39-29(24-7-3-1-4-8-24)33-11-13-40-15-16-41-14-12-34-30-36-31(38-32(37-30)42-27-9-5-2-6-10-27)35-28-25-18-22-17-23(20-25)21-26(28)19-22/h1-10,22-23,25-26,28H,11-21H2,(H,33,39)(H2,34,35,36,37,38). The van der Waals surface area contributed by atoms with Crippen molar-refractivity contribution in [2.24, 2.45) is 23.7 Å². The second-order valence-corrected chi connectivity index (χ2v) is 11.6. The number of nitrogens with one attached hydrogen (secondary N) is 3. The summed E-state index contributed by atoms with van der Waals surface area (Å²) in [6, 6.07) is 19.4. The maximum absolute atomic E-state index is 12.0. The summed E-state index contributed by atoms with van der Waals surface area (Å²) in [4.78, 5) is 25.9. The third-order valence-electron chi connectivity index (χ3n) is 8.56. The molecule has 10 heteroatoms. The van der Waals surface area contributed by atoms with Crippen molar-refractivity contribution in [2.75, 3.05) is 50.2 Å². The second kappa shape index (κ2) is 13.9. The van der Waals surface area contributed by atoms with E-state index in [4.69, 9.17) is 19.2 Å². The topological polar surface area (TPSA) is 120 Å². The van der Waals surface area contributed by atoms with Crippen LogP contribution in [0.1, 0.15) is 42.5 Å². The Labute approximate surface area is 247 Å². The number of rotatable bonds is 15. The van der Waals surface area contributed by atoms with Crippen molar-refractivity contribution >= 4 is 17.8 Å². The van der Waals surface area contributed by atoms with Gasteiger partial charge in [0.2, 0.25) is 11.9 Å². The molecule has 42 heavy (non-hydrogen) atoms. The molecule has 3 aromatic rings. The lowest BCUT2D eigenvalue weighted by molar-refractivity contribution is 0.00726. The van der Waals surface area contributed by atoms with Crippen LogP contribution in [0.2, 0.25) is 0 Å². The minimum atomic E-state index is -0.103. The van der Waals surface area contributed by atoms with Crippen molar-refractivity contribution in [3.8, 4) is 11.8 Å². The lowest BCUT2D eigenvalue weighted by Gasteiger charge is -2.54. The fourth-order valence-corrected chi connectivity index (χ4v) is 6.93. The number of aromatic nitrogens is 3. The molecule has 1 heterocycles. The Hall–Kier alpha value is -3.76. The zero-order chi connectivity index (χ0) is 28.6. The van der Waals surface area contributed by atoms with Gasteiger partial charge in [-0.25, -0.2) is 0 Å². The van der Waals surface area contributed by atoms with Crippen LogP contribution in [0.25, 0.3) is 0 Å². The summed E-state index contributed by atoms with van der Waals surface area (Å²) in [5.74, 6) is 4.80. The quantitative estimate of drug-likeness (QED) is 0.221. The summed E-state index contributed by atoms with van der Waals surface area (Å²) < 4.78 is 17.3. The normalized spacial score (nSPS) is 23.9. The van der Waals surface area contributed by atoms with Crippen LogP contribution < -0.4 is 20.7 Å². The number of ether oxygens (including phenoxy) is 3. The minimum absolute atomic E-state index is 0.103. The molecule has 0 atom stereocenters. The van der Waals surface area contributed by atoms with Crippen molar-refractivity contribution in [3.63, 3.8) is 0 Å². The first kappa shape index (κ1) is 28.4. The van der Waals surface area contributed by atoms with Crippen molar-refractivity contribution in [1.82, 2.24) is 20.3 Å². The van der Waals surface area contributed by atoms with E-state index in [1.54, 1.807) is 12.1 Å². The Morgan fingerprint density at radius 1 is 0.714 bits per heavy atom. The summed E-state index contributed by atoms with van der Waals surface area (Å²) in [5.41, 5.74) is 0.640. The largest absolute Gasteiger partial charge is 0.424 e. The molecule has 10 nitrogen and oxygen atoms in total. The molecule has 0 saturated heterocycles. The fraction of sp³-hybridized carbons (Fsp3) is 0.500. The smallest absolute Gasteiger partial charge is 0.328 e. The second-order valence-electron chi connectivity index (χ2n) is 11.6. The van der Waals surface area contributed by atoms with Gasteiger partial charge in [-0.15, -0.1) is 0 Å². The molecule has 0 unspecified atom stereocenters. The lowest BCUT2D eigenvalue weighted by atomic mass is 9.54. The molecule has 2 aromatic carbocycles. The Balaban J connectivity index is 0.948. The van der Waals surface area contributed by atoms with Crippen molar-refractivity contribution in [1.29, 1.82) is 0 Å². The number of hydrogen-bond donors (Lipinski definition) is 3. The van der Waals surface area contributed by atoms with Gasteiger partial charge < -0.3 is 30.2 Å². The van der Waals surface area contributed by atoms with Gasteiger partial charge in [-0.2, -0.15) is 15.0 Å². The van der Waals surface area contributed by atoms with Gasteiger partial charge in [-0.3, -0.25) is 4.79 Å². The molecule has 1 aromatic heterocycles. The van der Waals surface area contributed by atoms with Crippen LogP contribution in [0.4, 0.5) is 11.9 Å². The van der Waals surface area contributed by atoms with E-state index >= 15 is 0 Å². The van der Waals surface area contributed by atoms with Crippen molar-refractivity contribution in [2.45, 2.75) is 38.1 Å². The average molecular weight is 573 g/mol. The highest BCUT2D eigenvalue weighted by atomic mass is 16.5. The van der Waals surface area contributed by atoms with Gasteiger partial charge in [-0.05, 0) is 80.0 Å². The van der Waals surface area contributed by atoms with Crippen LogP contribution in [0, 0.1) is 23.7 Å². The number of amides is 1. The molecule has 4 fully saturated rings. The molecule has 1 amide bonds. The predicted molar refractivity (Wildman–Crippen MR) is 160 cm³/mol. The molecular weight excluding hydrogens is 532 g/mol. The van der Waals surface area contributed by atoms with Gasteiger partial charge in [0, 0.05) is 24.7 Å². The third-order valence-corrected chi connectivity index (χ3v) is 8.56. The predicted octanol–water partition coefficient (Wildman–Crippen LogP) is 4.78. The van der Waals surface area contributed by atoms with Crippen molar-refractivity contribution in [3.05, 3.63) is 66.2 Å². The van der Waals surface area contributed by atoms with Crippen LogP contribution in [0.3, 0.4) is 0 Å². The number of nitrogens with zero attached hydrogens (tertiary/aromatic N) is 3. The maximum Gasteiger partial charge on any atom is 0.328 e. The molecule has 4 aliphatic rings.